The fourth-order valence-corrected chi connectivity index (χ4v) is 5.00. The second-order valence-electron chi connectivity index (χ2n) is 10.2. The molecule has 3 aliphatic rings. The molecule has 13 nitrogen and oxygen atoms in total. The molecule has 13 heteroatoms. The van der Waals surface area contributed by atoms with Gasteiger partial charge in [0.05, 0.1) is 25.6 Å². The summed E-state index contributed by atoms with van der Waals surface area (Å²) in [5.41, 5.74) is 0.163. The molecule has 0 amide bonds. The standard InChI is InChI=1S/C25H40N10O3/c1-32-6-8-33(9-7-32)10-15-37-21-17-28-24(29-18-21)30-19-2-4-20(5-3-19)38-25-31-23(16-22(26)35(25)27)34-11-13-36-14-12-34/h16-20,26H,2-15,27H2,1H3,(H,28,29,30)/t19-,20+. The van der Waals surface area contributed by atoms with E-state index in [9.17, 15) is 0 Å². The first-order chi connectivity index (χ1) is 18.5. The first-order valence-electron chi connectivity index (χ1n) is 13.6. The number of ether oxygens (including phenoxy) is 3. The highest BCUT2D eigenvalue weighted by Gasteiger charge is 2.25. The van der Waals surface area contributed by atoms with Crippen molar-refractivity contribution >= 4 is 11.8 Å². The number of piperazine rings is 1. The molecule has 0 unspecified atom stereocenters. The molecular weight excluding hydrogens is 488 g/mol. The number of morpholine rings is 1. The smallest absolute Gasteiger partial charge is 0.319 e. The Balaban J connectivity index is 1.06. The van der Waals surface area contributed by atoms with Crippen LogP contribution < -0.4 is 31.0 Å². The van der Waals surface area contributed by atoms with Crippen molar-refractivity contribution in [2.24, 2.45) is 0 Å². The van der Waals surface area contributed by atoms with Gasteiger partial charge in [-0.05, 0) is 32.7 Å². The molecule has 4 heterocycles. The summed E-state index contributed by atoms with van der Waals surface area (Å²) in [7, 11) is 2.16. The average molecular weight is 529 g/mol. The monoisotopic (exact) mass is 528 g/mol. The van der Waals surface area contributed by atoms with E-state index in [1.807, 2.05) is 0 Å². The van der Waals surface area contributed by atoms with E-state index in [0.29, 0.717) is 37.3 Å². The van der Waals surface area contributed by atoms with Crippen molar-refractivity contribution in [1.29, 1.82) is 5.41 Å². The van der Waals surface area contributed by atoms with Gasteiger partial charge in [-0.25, -0.2) is 9.97 Å². The van der Waals surface area contributed by atoms with Crippen LogP contribution in [-0.2, 0) is 4.74 Å². The van der Waals surface area contributed by atoms with Gasteiger partial charge in [0.2, 0.25) is 5.95 Å². The highest BCUT2D eigenvalue weighted by Crippen LogP contribution is 2.25. The zero-order chi connectivity index (χ0) is 26.3. The van der Waals surface area contributed by atoms with Crippen molar-refractivity contribution in [1.82, 2.24) is 29.4 Å². The SMILES string of the molecule is CN1CCN(CCOc2cnc(N[C@H]3CC[C@@H](Oc4nc(N5CCOCC5)cc(=N)n4N)CC3)nc2)CC1. The second kappa shape index (κ2) is 12.6. The van der Waals surface area contributed by atoms with Crippen LogP contribution in [0, 0.1) is 5.41 Å². The van der Waals surface area contributed by atoms with E-state index in [0.717, 1.165) is 71.5 Å². The number of anilines is 2. The van der Waals surface area contributed by atoms with E-state index in [1.54, 1.807) is 18.5 Å². The predicted molar refractivity (Wildman–Crippen MR) is 143 cm³/mol. The molecule has 0 spiro atoms. The maximum Gasteiger partial charge on any atom is 0.319 e. The largest absolute Gasteiger partial charge is 0.489 e. The summed E-state index contributed by atoms with van der Waals surface area (Å²) in [6.07, 6.45) is 6.99. The number of hydrogen-bond donors (Lipinski definition) is 3. The number of hydrogen-bond acceptors (Lipinski definition) is 12. The molecule has 5 rings (SSSR count). The van der Waals surface area contributed by atoms with Gasteiger partial charge >= 0.3 is 6.01 Å². The van der Waals surface area contributed by atoms with Crippen molar-refractivity contribution in [3.63, 3.8) is 0 Å². The van der Waals surface area contributed by atoms with Gasteiger partial charge in [-0.2, -0.15) is 9.66 Å². The lowest BCUT2D eigenvalue weighted by Gasteiger charge is -2.32. The van der Waals surface area contributed by atoms with Crippen molar-refractivity contribution in [2.45, 2.75) is 37.8 Å². The topological polar surface area (TPSA) is 143 Å². The van der Waals surface area contributed by atoms with E-state index in [4.69, 9.17) is 25.5 Å². The molecule has 0 radical (unpaired) electrons. The molecule has 0 aromatic carbocycles. The summed E-state index contributed by atoms with van der Waals surface area (Å²) in [5.74, 6) is 8.07. The van der Waals surface area contributed by atoms with Crippen LogP contribution in [0.2, 0.25) is 0 Å². The van der Waals surface area contributed by atoms with Crippen LogP contribution >= 0.6 is 0 Å². The van der Waals surface area contributed by atoms with Gasteiger partial charge in [-0.3, -0.25) is 10.3 Å². The Morgan fingerprint density at radius 3 is 2.47 bits per heavy atom. The third-order valence-corrected chi connectivity index (χ3v) is 7.46. The minimum absolute atomic E-state index is 0.00770. The zero-order valence-electron chi connectivity index (χ0n) is 22.2. The van der Waals surface area contributed by atoms with Crippen molar-refractivity contribution in [3.05, 3.63) is 23.9 Å². The van der Waals surface area contributed by atoms with Gasteiger partial charge < -0.3 is 35.2 Å². The Morgan fingerprint density at radius 2 is 1.76 bits per heavy atom. The molecule has 1 saturated carbocycles. The third kappa shape index (κ3) is 7.03. The summed E-state index contributed by atoms with van der Waals surface area (Å²) in [6.45, 7) is 8.71. The third-order valence-electron chi connectivity index (χ3n) is 7.46. The molecule has 2 aromatic rings. The van der Waals surface area contributed by atoms with E-state index in [2.05, 4.69) is 42.0 Å². The lowest BCUT2D eigenvalue weighted by atomic mass is 9.93. The molecule has 0 bridgehead atoms. The normalized spacial score (nSPS) is 23.2. The summed E-state index contributed by atoms with van der Waals surface area (Å²) in [5, 5.41) is 11.7. The van der Waals surface area contributed by atoms with Crippen LogP contribution in [0.4, 0.5) is 11.8 Å². The molecule has 2 saturated heterocycles. The first-order valence-corrected chi connectivity index (χ1v) is 13.6. The molecule has 3 fully saturated rings. The quantitative estimate of drug-likeness (QED) is 0.382. The Bertz CT molecular complexity index is 1080. The maximum atomic E-state index is 8.22. The van der Waals surface area contributed by atoms with E-state index < -0.39 is 0 Å². The van der Waals surface area contributed by atoms with Gasteiger partial charge in [0, 0.05) is 57.9 Å². The van der Waals surface area contributed by atoms with Crippen molar-refractivity contribution in [3.8, 4) is 11.8 Å². The second-order valence-corrected chi connectivity index (χ2v) is 10.2. The number of likely N-dealkylation sites (N-methyl/N-ethyl adjacent to an activating group) is 1. The fraction of sp³-hybridized carbons (Fsp3) is 0.680. The summed E-state index contributed by atoms with van der Waals surface area (Å²) < 4.78 is 18.6. The predicted octanol–water partition coefficient (Wildman–Crippen LogP) is 0.131. The summed E-state index contributed by atoms with van der Waals surface area (Å²) in [4.78, 5) is 20.4. The molecule has 38 heavy (non-hydrogen) atoms. The van der Waals surface area contributed by atoms with E-state index >= 15 is 0 Å². The number of rotatable bonds is 9. The number of nitrogen functional groups attached to an aromatic ring is 1. The molecule has 2 aliphatic heterocycles. The van der Waals surface area contributed by atoms with Crippen LogP contribution in [0.3, 0.4) is 0 Å². The molecular formula is C25H40N10O3. The Hall–Kier alpha value is -3.16. The van der Waals surface area contributed by atoms with Gasteiger partial charge in [-0.15, -0.1) is 0 Å². The van der Waals surface area contributed by atoms with Crippen LogP contribution in [0.1, 0.15) is 25.7 Å². The van der Waals surface area contributed by atoms with Crippen LogP contribution in [0.5, 0.6) is 11.8 Å². The molecule has 208 valence electrons. The molecule has 1 aliphatic carbocycles. The van der Waals surface area contributed by atoms with Gasteiger partial charge in [0.15, 0.2) is 11.2 Å². The van der Waals surface area contributed by atoms with Gasteiger partial charge in [0.25, 0.3) is 0 Å². The Labute approximate surface area is 223 Å². The lowest BCUT2D eigenvalue weighted by molar-refractivity contribution is 0.120. The average Bonchev–Trinajstić information content (AvgIpc) is 2.95. The van der Waals surface area contributed by atoms with Gasteiger partial charge in [-0.1, -0.05) is 0 Å². The minimum Gasteiger partial charge on any atom is -0.489 e. The number of nitrogens with zero attached hydrogens (tertiary/aromatic N) is 7. The van der Waals surface area contributed by atoms with Crippen LogP contribution in [0.25, 0.3) is 0 Å². The number of nitrogens with two attached hydrogens (primary N) is 1. The fourth-order valence-electron chi connectivity index (χ4n) is 5.00. The molecule has 4 N–H and O–H groups in total. The Kier molecular flexibility index (Phi) is 8.76. The summed E-state index contributed by atoms with van der Waals surface area (Å²) in [6, 6.07) is 2.22. The van der Waals surface area contributed by atoms with Gasteiger partial charge in [0.1, 0.15) is 18.5 Å². The highest BCUT2D eigenvalue weighted by molar-refractivity contribution is 5.39. The van der Waals surface area contributed by atoms with Crippen LogP contribution in [0.15, 0.2) is 18.5 Å². The highest BCUT2D eigenvalue weighted by atomic mass is 16.5. The lowest BCUT2D eigenvalue weighted by Crippen LogP contribution is -2.45. The van der Waals surface area contributed by atoms with Crippen molar-refractivity contribution in [2.75, 3.05) is 88.7 Å². The zero-order valence-corrected chi connectivity index (χ0v) is 22.2. The molecule has 0 atom stereocenters. The van der Waals surface area contributed by atoms with Crippen LogP contribution in [-0.4, -0.2) is 114 Å². The van der Waals surface area contributed by atoms with E-state index in [-0.39, 0.29) is 23.6 Å². The Morgan fingerprint density at radius 1 is 1.05 bits per heavy atom. The van der Waals surface area contributed by atoms with E-state index in [1.165, 1.54) is 4.68 Å². The first kappa shape index (κ1) is 26.4. The maximum absolute atomic E-state index is 8.22. The minimum atomic E-state index is -0.00770. The number of nitrogens with one attached hydrogen (secondary N) is 2. The number of aromatic nitrogens is 4. The summed E-state index contributed by atoms with van der Waals surface area (Å²) >= 11 is 0. The van der Waals surface area contributed by atoms with Crippen molar-refractivity contribution < 1.29 is 14.2 Å². The molecule has 2 aromatic heterocycles.